The summed E-state index contributed by atoms with van der Waals surface area (Å²) in [5.41, 5.74) is 6.22. The standard InChI is InChI=1S/C26H32N6O2/c1-16-14-32(15-17(2)27-16)24-7-5-6-22-25(24)29-26(28-22)23-12-19(30-31-23)9-8-18-10-20(33-3)13-21(11-18)34-4/h5-7,10-13,16-17,27H,8-9,14-15H2,1-4H3,(H,28,29)(H,30,31). The molecule has 2 aromatic heterocycles. The van der Waals surface area contributed by atoms with Gasteiger partial charge < -0.3 is 24.7 Å². The van der Waals surface area contributed by atoms with Gasteiger partial charge in [-0.1, -0.05) is 6.07 Å². The molecule has 2 aromatic carbocycles. The third kappa shape index (κ3) is 4.59. The minimum atomic E-state index is 0.441. The normalized spacial score (nSPS) is 18.4. The van der Waals surface area contributed by atoms with Crippen LogP contribution in [0, 0.1) is 0 Å². The second kappa shape index (κ2) is 9.38. The van der Waals surface area contributed by atoms with Crippen LogP contribution in [0.1, 0.15) is 25.1 Å². The minimum absolute atomic E-state index is 0.441. The highest BCUT2D eigenvalue weighted by atomic mass is 16.5. The number of aryl methyl sites for hydroxylation is 2. The molecule has 3 N–H and O–H groups in total. The van der Waals surface area contributed by atoms with Gasteiger partial charge in [-0.05, 0) is 62.6 Å². The Morgan fingerprint density at radius 1 is 0.971 bits per heavy atom. The molecule has 4 aromatic rings. The monoisotopic (exact) mass is 460 g/mol. The summed E-state index contributed by atoms with van der Waals surface area (Å²) in [5, 5.41) is 11.3. The van der Waals surface area contributed by atoms with E-state index in [1.165, 1.54) is 5.69 Å². The molecule has 34 heavy (non-hydrogen) atoms. The molecule has 1 saturated heterocycles. The molecule has 8 heteroatoms. The second-order valence-corrected chi connectivity index (χ2v) is 9.13. The molecule has 5 rings (SSSR count). The van der Waals surface area contributed by atoms with Gasteiger partial charge in [-0.3, -0.25) is 5.10 Å². The number of piperazine rings is 1. The minimum Gasteiger partial charge on any atom is -0.497 e. The molecule has 178 valence electrons. The van der Waals surface area contributed by atoms with Crippen LogP contribution in [0.3, 0.4) is 0 Å². The fraction of sp³-hybridized carbons (Fsp3) is 0.385. The van der Waals surface area contributed by atoms with Crippen LogP contribution < -0.4 is 19.7 Å². The van der Waals surface area contributed by atoms with Crippen molar-refractivity contribution in [3.63, 3.8) is 0 Å². The molecular weight excluding hydrogens is 428 g/mol. The number of H-pyrrole nitrogens is 2. The van der Waals surface area contributed by atoms with Crippen molar-refractivity contribution in [1.82, 2.24) is 25.5 Å². The van der Waals surface area contributed by atoms with Gasteiger partial charge in [0.05, 0.1) is 25.4 Å². The molecule has 8 nitrogen and oxygen atoms in total. The van der Waals surface area contributed by atoms with Gasteiger partial charge in [0.25, 0.3) is 0 Å². The maximum Gasteiger partial charge on any atom is 0.159 e. The largest absolute Gasteiger partial charge is 0.497 e. The van der Waals surface area contributed by atoms with Gasteiger partial charge in [0, 0.05) is 36.9 Å². The summed E-state index contributed by atoms with van der Waals surface area (Å²) >= 11 is 0. The molecule has 0 radical (unpaired) electrons. The molecule has 1 aliphatic rings. The molecule has 0 bridgehead atoms. The first-order valence-corrected chi connectivity index (χ1v) is 11.8. The van der Waals surface area contributed by atoms with E-state index in [2.05, 4.69) is 63.5 Å². The Kier molecular flexibility index (Phi) is 6.15. The number of aromatic amines is 2. The Balaban J connectivity index is 1.35. The van der Waals surface area contributed by atoms with Crippen molar-refractivity contribution in [2.24, 2.45) is 0 Å². The summed E-state index contributed by atoms with van der Waals surface area (Å²) in [7, 11) is 3.34. The average Bonchev–Trinajstić information content (AvgIpc) is 3.48. The molecule has 2 atom stereocenters. The number of rotatable bonds is 7. The molecule has 0 saturated carbocycles. The lowest BCUT2D eigenvalue weighted by Crippen LogP contribution is -2.54. The molecular formula is C26H32N6O2. The Morgan fingerprint density at radius 2 is 1.71 bits per heavy atom. The van der Waals surface area contributed by atoms with Crippen molar-refractivity contribution < 1.29 is 9.47 Å². The number of anilines is 1. The lowest BCUT2D eigenvalue weighted by molar-refractivity contribution is 0.393. The highest BCUT2D eigenvalue weighted by molar-refractivity contribution is 5.91. The zero-order chi connectivity index (χ0) is 23.7. The number of hydrogen-bond donors (Lipinski definition) is 3. The van der Waals surface area contributed by atoms with Gasteiger partial charge in [0.1, 0.15) is 22.7 Å². The summed E-state index contributed by atoms with van der Waals surface area (Å²) in [6, 6.07) is 15.3. The van der Waals surface area contributed by atoms with E-state index in [-0.39, 0.29) is 0 Å². The van der Waals surface area contributed by atoms with Gasteiger partial charge in [0.2, 0.25) is 0 Å². The predicted octanol–water partition coefficient (Wildman–Crippen LogP) is 3.94. The molecule has 3 heterocycles. The Morgan fingerprint density at radius 3 is 2.41 bits per heavy atom. The summed E-state index contributed by atoms with van der Waals surface area (Å²) in [4.78, 5) is 10.8. The lowest BCUT2D eigenvalue weighted by atomic mass is 10.1. The van der Waals surface area contributed by atoms with Crippen LogP contribution in [0.2, 0.25) is 0 Å². The fourth-order valence-electron chi connectivity index (χ4n) is 4.82. The predicted molar refractivity (Wildman–Crippen MR) is 135 cm³/mol. The third-order valence-electron chi connectivity index (χ3n) is 6.36. The van der Waals surface area contributed by atoms with Crippen molar-refractivity contribution in [1.29, 1.82) is 0 Å². The average molecular weight is 461 g/mol. The van der Waals surface area contributed by atoms with Crippen molar-refractivity contribution in [2.75, 3.05) is 32.2 Å². The second-order valence-electron chi connectivity index (χ2n) is 9.13. The van der Waals surface area contributed by atoms with Gasteiger partial charge in [0.15, 0.2) is 5.82 Å². The van der Waals surface area contributed by atoms with E-state index in [9.17, 15) is 0 Å². The number of nitrogens with one attached hydrogen (secondary N) is 3. The van der Waals surface area contributed by atoms with Crippen molar-refractivity contribution in [3.8, 4) is 23.0 Å². The van der Waals surface area contributed by atoms with Crippen molar-refractivity contribution in [3.05, 3.63) is 53.7 Å². The van der Waals surface area contributed by atoms with E-state index in [0.29, 0.717) is 12.1 Å². The maximum absolute atomic E-state index is 5.39. The smallest absolute Gasteiger partial charge is 0.159 e. The summed E-state index contributed by atoms with van der Waals surface area (Å²) < 4.78 is 10.8. The van der Waals surface area contributed by atoms with E-state index in [4.69, 9.17) is 14.5 Å². The quantitative estimate of drug-likeness (QED) is 0.387. The Labute approximate surface area is 199 Å². The van der Waals surface area contributed by atoms with Crippen LogP contribution in [0.5, 0.6) is 11.5 Å². The van der Waals surface area contributed by atoms with Crippen LogP contribution in [-0.2, 0) is 12.8 Å². The van der Waals surface area contributed by atoms with E-state index < -0.39 is 0 Å². The molecule has 0 amide bonds. The first-order valence-electron chi connectivity index (χ1n) is 11.8. The Hall–Kier alpha value is -3.52. The van der Waals surface area contributed by atoms with Gasteiger partial charge in [-0.15, -0.1) is 0 Å². The van der Waals surface area contributed by atoms with Gasteiger partial charge in [-0.25, -0.2) is 4.98 Å². The van der Waals surface area contributed by atoms with E-state index in [1.54, 1.807) is 14.2 Å². The first kappa shape index (κ1) is 22.3. The lowest BCUT2D eigenvalue weighted by Gasteiger charge is -2.37. The zero-order valence-electron chi connectivity index (χ0n) is 20.2. The fourth-order valence-corrected chi connectivity index (χ4v) is 4.82. The number of benzene rings is 2. The number of aromatic nitrogens is 4. The first-order chi connectivity index (χ1) is 16.5. The molecule has 1 aliphatic heterocycles. The number of fused-ring (bicyclic) bond motifs is 1. The van der Waals surface area contributed by atoms with E-state index >= 15 is 0 Å². The van der Waals surface area contributed by atoms with Crippen molar-refractivity contribution in [2.45, 2.75) is 38.8 Å². The highest BCUT2D eigenvalue weighted by Crippen LogP contribution is 2.29. The van der Waals surface area contributed by atoms with Gasteiger partial charge >= 0.3 is 0 Å². The van der Waals surface area contributed by atoms with Gasteiger partial charge in [-0.2, -0.15) is 5.10 Å². The van der Waals surface area contributed by atoms with E-state index in [0.717, 1.165) is 71.2 Å². The third-order valence-corrected chi connectivity index (χ3v) is 6.36. The number of hydrogen-bond acceptors (Lipinski definition) is 6. The number of nitrogens with zero attached hydrogens (tertiary/aromatic N) is 3. The number of ether oxygens (including phenoxy) is 2. The van der Waals surface area contributed by atoms with E-state index in [1.807, 2.05) is 18.2 Å². The number of para-hydroxylation sites is 1. The van der Waals surface area contributed by atoms with Crippen LogP contribution in [0.25, 0.3) is 22.6 Å². The number of imidazole rings is 1. The SMILES string of the molecule is COc1cc(CCc2cc(-c3nc4c(N5CC(C)NC(C)C5)cccc4[nH]3)n[nH]2)cc(OC)c1. The van der Waals surface area contributed by atoms with Crippen LogP contribution >= 0.6 is 0 Å². The van der Waals surface area contributed by atoms with Crippen molar-refractivity contribution >= 4 is 16.7 Å². The zero-order valence-corrected chi connectivity index (χ0v) is 20.2. The summed E-state index contributed by atoms with van der Waals surface area (Å²) in [5.74, 6) is 2.38. The Bertz CT molecular complexity index is 1250. The maximum atomic E-state index is 5.39. The highest BCUT2D eigenvalue weighted by Gasteiger charge is 2.23. The van der Waals surface area contributed by atoms with Crippen LogP contribution in [0.15, 0.2) is 42.5 Å². The molecule has 2 unspecified atom stereocenters. The molecule has 1 fully saturated rings. The number of methoxy groups -OCH3 is 2. The van der Waals surface area contributed by atoms with Crippen LogP contribution in [-0.4, -0.2) is 59.6 Å². The summed E-state index contributed by atoms with van der Waals surface area (Å²) in [6.45, 7) is 6.39. The molecule has 0 spiro atoms. The van der Waals surface area contributed by atoms with Crippen LogP contribution in [0.4, 0.5) is 5.69 Å². The topological polar surface area (TPSA) is 91.1 Å². The summed E-state index contributed by atoms with van der Waals surface area (Å²) in [6.07, 6.45) is 1.67. The molecule has 0 aliphatic carbocycles.